The summed E-state index contributed by atoms with van der Waals surface area (Å²) in [7, 11) is 0. The molecule has 0 aliphatic carbocycles. The molecule has 1 amide bonds. The Labute approximate surface area is 109 Å². The molecule has 7 heteroatoms. The fraction of sp³-hybridized carbons (Fsp3) is 0.333. The third-order valence-corrected chi connectivity index (χ3v) is 2.90. The highest BCUT2D eigenvalue weighted by molar-refractivity contribution is 5.82. The largest absolute Gasteiger partial charge is 0.369 e. The number of halogens is 1. The zero-order valence-corrected chi connectivity index (χ0v) is 10.4. The molecule has 0 spiro atoms. The summed E-state index contributed by atoms with van der Waals surface area (Å²) in [4.78, 5) is 11.4. The Morgan fingerprint density at radius 2 is 2.32 bits per heavy atom. The van der Waals surface area contributed by atoms with Crippen molar-refractivity contribution < 1.29 is 9.18 Å². The van der Waals surface area contributed by atoms with Crippen LogP contribution in [0.5, 0.6) is 0 Å². The predicted molar refractivity (Wildman–Crippen MR) is 66.4 cm³/mol. The molecular weight excluding hydrogens is 249 g/mol. The molecule has 1 aromatic heterocycles. The van der Waals surface area contributed by atoms with Crippen LogP contribution in [0.15, 0.2) is 18.2 Å². The molecule has 1 heterocycles. The van der Waals surface area contributed by atoms with Crippen LogP contribution in [0.25, 0.3) is 11.4 Å². The van der Waals surface area contributed by atoms with Crippen LogP contribution in [0.4, 0.5) is 4.39 Å². The van der Waals surface area contributed by atoms with Gasteiger partial charge in [-0.25, -0.2) is 4.39 Å². The number of amides is 1. The molecule has 0 unspecified atom stereocenters. The minimum absolute atomic E-state index is 0.275. The van der Waals surface area contributed by atoms with E-state index in [1.807, 2.05) is 6.92 Å². The molecule has 0 saturated carbocycles. The van der Waals surface area contributed by atoms with E-state index in [1.165, 1.54) is 12.1 Å². The molecule has 1 aromatic carbocycles. The fourth-order valence-electron chi connectivity index (χ4n) is 1.97. The summed E-state index contributed by atoms with van der Waals surface area (Å²) in [5.74, 6) is -1.28. The molecular formula is C12H14FN5O. The van der Waals surface area contributed by atoms with E-state index < -0.39 is 17.6 Å². The molecule has 6 nitrogen and oxygen atoms in total. The number of benzene rings is 1. The molecule has 19 heavy (non-hydrogen) atoms. The number of hydrogen-bond acceptors (Lipinski definition) is 4. The van der Waals surface area contributed by atoms with Gasteiger partial charge in [-0.1, -0.05) is 13.3 Å². The van der Waals surface area contributed by atoms with Crippen LogP contribution in [-0.2, 0) is 4.79 Å². The van der Waals surface area contributed by atoms with Gasteiger partial charge in [-0.05, 0) is 29.8 Å². The lowest BCUT2D eigenvalue weighted by Crippen LogP contribution is -2.22. The van der Waals surface area contributed by atoms with Crippen molar-refractivity contribution in [3.8, 4) is 11.4 Å². The number of nitrogens with one attached hydrogen (secondary N) is 1. The average molecular weight is 263 g/mol. The summed E-state index contributed by atoms with van der Waals surface area (Å²) in [6, 6.07) is 4.37. The average Bonchev–Trinajstić information content (AvgIpc) is 2.90. The van der Waals surface area contributed by atoms with Crippen molar-refractivity contribution >= 4 is 5.91 Å². The molecule has 2 aromatic rings. The summed E-state index contributed by atoms with van der Waals surface area (Å²) >= 11 is 0. The highest BCUT2D eigenvalue weighted by atomic mass is 19.1. The normalized spacial score (nSPS) is 12.3. The Kier molecular flexibility index (Phi) is 3.84. The van der Waals surface area contributed by atoms with E-state index in [1.54, 1.807) is 6.07 Å². The molecule has 1 atom stereocenters. The molecule has 0 fully saturated rings. The number of aromatic amines is 1. The SMILES string of the molecule is CCC[C@@H](C(N)=O)c1cc(-c2nn[nH]n2)ccc1F. The van der Waals surface area contributed by atoms with Crippen LogP contribution >= 0.6 is 0 Å². The number of primary amides is 1. The highest BCUT2D eigenvalue weighted by Gasteiger charge is 2.21. The minimum Gasteiger partial charge on any atom is -0.369 e. The molecule has 3 N–H and O–H groups in total. The van der Waals surface area contributed by atoms with Crippen molar-refractivity contribution in [3.05, 3.63) is 29.6 Å². The zero-order chi connectivity index (χ0) is 13.8. The maximum atomic E-state index is 13.9. The second-order valence-electron chi connectivity index (χ2n) is 4.22. The van der Waals surface area contributed by atoms with Crippen LogP contribution in [0.1, 0.15) is 31.2 Å². The molecule has 0 saturated heterocycles. The highest BCUT2D eigenvalue weighted by Crippen LogP contribution is 2.27. The quantitative estimate of drug-likeness (QED) is 0.851. The Bertz CT molecular complexity index is 570. The maximum Gasteiger partial charge on any atom is 0.225 e. The topological polar surface area (TPSA) is 97.5 Å². The number of H-pyrrole nitrogens is 1. The van der Waals surface area contributed by atoms with Gasteiger partial charge in [0.1, 0.15) is 5.82 Å². The lowest BCUT2D eigenvalue weighted by molar-refractivity contribution is -0.119. The number of carbonyl (C=O) groups is 1. The fourth-order valence-corrected chi connectivity index (χ4v) is 1.97. The van der Waals surface area contributed by atoms with E-state index in [9.17, 15) is 9.18 Å². The van der Waals surface area contributed by atoms with Gasteiger partial charge in [0.15, 0.2) is 0 Å². The number of carbonyl (C=O) groups excluding carboxylic acids is 1. The van der Waals surface area contributed by atoms with E-state index in [4.69, 9.17) is 5.73 Å². The first-order valence-electron chi connectivity index (χ1n) is 5.96. The number of nitrogens with zero attached hydrogens (tertiary/aromatic N) is 3. The van der Waals surface area contributed by atoms with Gasteiger partial charge in [0.2, 0.25) is 11.7 Å². The standard InChI is InChI=1S/C12H14FN5O/c1-2-3-8(11(14)19)9-6-7(4-5-10(9)13)12-15-17-18-16-12/h4-6,8H,2-3H2,1H3,(H2,14,19)(H,15,16,17,18)/t8-/m1/s1. The molecule has 2 rings (SSSR count). The first kappa shape index (κ1) is 13.1. The monoisotopic (exact) mass is 263 g/mol. The Morgan fingerprint density at radius 3 is 2.89 bits per heavy atom. The minimum atomic E-state index is -0.642. The van der Waals surface area contributed by atoms with Crippen LogP contribution in [0.2, 0.25) is 0 Å². The van der Waals surface area contributed by atoms with Crippen molar-refractivity contribution in [3.63, 3.8) is 0 Å². The van der Waals surface area contributed by atoms with Gasteiger partial charge in [0.05, 0.1) is 5.92 Å². The van der Waals surface area contributed by atoms with Crippen molar-refractivity contribution in [2.45, 2.75) is 25.7 Å². The van der Waals surface area contributed by atoms with E-state index in [2.05, 4.69) is 20.6 Å². The summed E-state index contributed by atoms with van der Waals surface area (Å²) in [5, 5.41) is 13.4. The van der Waals surface area contributed by atoms with Crippen molar-refractivity contribution in [2.75, 3.05) is 0 Å². The summed E-state index contributed by atoms with van der Waals surface area (Å²) in [6.45, 7) is 1.91. The lowest BCUT2D eigenvalue weighted by atomic mass is 9.92. The summed E-state index contributed by atoms with van der Waals surface area (Å²) < 4.78 is 13.9. The molecule has 0 aliphatic heterocycles. The van der Waals surface area contributed by atoms with Gasteiger partial charge < -0.3 is 5.73 Å². The Balaban J connectivity index is 2.44. The Morgan fingerprint density at radius 1 is 1.53 bits per heavy atom. The van der Waals surface area contributed by atoms with E-state index in [-0.39, 0.29) is 5.56 Å². The van der Waals surface area contributed by atoms with Crippen LogP contribution in [0, 0.1) is 5.82 Å². The van der Waals surface area contributed by atoms with Crippen molar-refractivity contribution in [1.29, 1.82) is 0 Å². The van der Waals surface area contributed by atoms with E-state index in [0.29, 0.717) is 17.8 Å². The van der Waals surface area contributed by atoms with E-state index in [0.717, 1.165) is 6.42 Å². The number of hydrogen-bond donors (Lipinski definition) is 2. The van der Waals surface area contributed by atoms with Crippen molar-refractivity contribution in [2.24, 2.45) is 5.73 Å². The van der Waals surface area contributed by atoms with Crippen LogP contribution < -0.4 is 5.73 Å². The number of aromatic nitrogens is 4. The lowest BCUT2D eigenvalue weighted by Gasteiger charge is -2.14. The van der Waals surface area contributed by atoms with Crippen molar-refractivity contribution in [1.82, 2.24) is 20.6 Å². The van der Waals surface area contributed by atoms with Gasteiger partial charge in [-0.2, -0.15) is 5.21 Å². The van der Waals surface area contributed by atoms with Gasteiger partial charge in [-0.3, -0.25) is 4.79 Å². The zero-order valence-electron chi connectivity index (χ0n) is 10.4. The van der Waals surface area contributed by atoms with Crippen LogP contribution in [-0.4, -0.2) is 26.5 Å². The van der Waals surface area contributed by atoms with Gasteiger partial charge in [0.25, 0.3) is 0 Å². The number of rotatable bonds is 5. The third kappa shape index (κ3) is 2.75. The maximum absolute atomic E-state index is 13.9. The smallest absolute Gasteiger partial charge is 0.225 e. The third-order valence-electron chi connectivity index (χ3n) is 2.90. The molecule has 0 radical (unpaired) electrons. The van der Waals surface area contributed by atoms with Gasteiger partial charge in [0, 0.05) is 11.1 Å². The van der Waals surface area contributed by atoms with Gasteiger partial charge >= 0.3 is 0 Å². The summed E-state index contributed by atoms with van der Waals surface area (Å²) in [5.41, 5.74) is 6.20. The Hall–Kier alpha value is -2.31. The molecule has 0 bridgehead atoms. The van der Waals surface area contributed by atoms with Crippen LogP contribution in [0.3, 0.4) is 0 Å². The second-order valence-corrected chi connectivity index (χ2v) is 4.22. The van der Waals surface area contributed by atoms with Gasteiger partial charge in [-0.15, -0.1) is 10.2 Å². The second kappa shape index (κ2) is 5.55. The first-order valence-corrected chi connectivity index (χ1v) is 5.96. The van der Waals surface area contributed by atoms with E-state index >= 15 is 0 Å². The molecule has 0 aliphatic rings. The number of tetrazole rings is 1. The predicted octanol–water partition coefficient (Wildman–Crippen LogP) is 1.37. The number of nitrogens with two attached hydrogens (primary N) is 1. The first-order chi connectivity index (χ1) is 9.13. The molecule has 100 valence electrons. The summed E-state index contributed by atoms with van der Waals surface area (Å²) in [6.07, 6.45) is 1.24.